The molecule has 1 aliphatic heterocycles. The zero-order valence-corrected chi connectivity index (χ0v) is 12.1. The molecule has 0 saturated carbocycles. The number of carbonyl (C=O) groups is 1. The SMILES string of the molecule is Cc1cc(F)cc(C(=O)N2CCCCC2CC(C)O)c1. The first kappa shape index (κ1) is 15.0. The van der Waals surface area contributed by atoms with E-state index in [1.54, 1.807) is 24.8 Å². The van der Waals surface area contributed by atoms with E-state index in [1.807, 2.05) is 0 Å². The van der Waals surface area contributed by atoms with E-state index in [0.29, 0.717) is 18.5 Å². The summed E-state index contributed by atoms with van der Waals surface area (Å²) in [6.07, 6.45) is 3.10. The smallest absolute Gasteiger partial charge is 0.254 e. The molecular formula is C16H22FNO2. The summed E-state index contributed by atoms with van der Waals surface area (Å²) >= 11 is 0. The number of aliphatic hydroxyl groups excluding tert-OH is 1. The van der Waals surface area contributed by atoms with Crippen molar-refractivity contribution in [2.75, 3.05) is 6.54 Å². The Morgan fingerprint density at radius 2 is 2.20 bits per heavy atom. The minimum Gasteiger partial charge on any atom is -0.393 e. The molecule has 1 heterocycles. The molecule has 0 bridgehead atoms. The van der Waals surface area contributed by atoms with Crippen molar-refractivity contribution in [2.45, 2.75) is 51.7 Å². The summed E-state index contributed by atoms with van der Waals surface area (Å²) in [4.78, 5) is 14.4. The molecule has 1 aliphatic rings. The molecule has 1 amide bonds. The van der Waals surface area contributed by atoms with Gasteiger partial charge >= 0.3 is 0 Å². The third-order valence-corrected chi connectivity index (χ3v) is 3.79. The van der Waals surface area contributed by atoms with Crippen LogP contribution in [0, 0.1) is 12.7 Å². The molecule has 0 aliphatic carbocycles. The first-order valence-electron chi connectivity index (χ1n) is 7.23. The lowest BCUT2D eigenvalue weighted by atomic mass is 9.96. The number of nitrogens with zero attached hydrogens (tertiary/aromatic N) is 1. The molecule has 0 radical (unpaired) electrons. The Kier molecular flexibility index (Phi) is 4.76. The molecule has 1 fully saturated rings. The van der Waals surface area contributed by atoms with Gasteiger partial charge in [0.2, 0.25) is 0 Å². The lowest BCUT2D eigenvalue weighted by molar-refractivity contribution is 0.0514. The summed E-state index contributed by atoms with van der Waals surface area (Å²) in [6, 6.07) is 4.49. The quantitative estimate of drug-likeness (QED) is 0.924. The van der Waals surface area contributed by atoms with Gasteiger partial charge in [-0.3, -0.25) is 4.79 Å². The van der Waals surface area contributed by atoms with Crippen molar-refractivity contribution in [3.8, 4) is 0 Å². The molecule has 110 valence electrons. The van der Waals surface area contributed by atoms with Crippen LogP contribution in [-0.2, 0) is 0 Å². The van der Waals surface area contributed by atoms with Crippen LogP contribution >= 0.6 is 0 Å². The predicted molar refractivity (Wildman–Crippen MR) is 76.1 cm³/mol. The van der Waals surface area contributed by atoms with Crippen LogP contribution < -0.4 is 0 Å². The van der Waals surface area contributed by atoms with Gasteiger partial charge in [-0.05, 0) is 63.3 Å². The topological polar surface area (TPSA) is 40.5 Å². The average molecular weight is 279 g/mol. The van der Waals surface area contributed by atoms with Gasteiger partial charge in [0.1, 0.15) is 5.82 Å². The van der Waals surface area contributed by atoms with E-state index in [2.05, 4.69) is 0 Å². The number of rotatable bonds is 3. The third kappa shape index (κ3) is 3.57. The normalized spacial score (nSPS) is 20.8. The maximum absolute atomic E-state index is 13.5. The van der Waals surface area contributed by atoms with Crippen LogP contribution in [0.25, 0.3) is 0 Å². The molecule has 1 aromatic rings. The number of amides is 1. The fourth-order valence-corrected chi connectivity index (χ4v) is 2.93. The van der Waals surface area contributed by atoms with E-state index in [1.165, 1.54) is 12.1 Å². The zero-order chi connectivity index (χ0) is 14.7. The van der Waals surface area contributed by atoms with Crippen molar-refractivity contribution in [3.63, 3.8) is 0 Å². The Morgan fingerprint density at radius 1 is 1.45 bits per heavy atom. The van der Waals surface area contributed by atoms with Crippen molar-refractivity contribution in [1.82, 2.24) is 4.90 Å². The van der Waals surface area contributed by atoms with Crippen molar-refractivity contribution < 1.29 is 14.3 Å². The van der Waals surface area contributed by atoms with Gasteiger partial charge in [-0.25, -0.2) is 4.39 Å². The molecule has 4 heteroatoms. The fraction of sp³-hybridized carbons (Fsp3) is 0.562. The highest BCUT2D eigenvalue weighted by atomic mass is 19.1. The molecule has 1 aromatic carbocycles. The van der Waals surface area contributed by atoms with E-state index < -0.39 is 6.10 Å². The minimum absolute atomic E-state index is 0.0554. The van der Waals surface area contributed by atoms with Crippen molar-refractivity contribution >= 4 is 5.91 Å². The minimum atomic E-state index is -0.428. The lowest BCUT2D eigenvalue weighted by Gasteiger charge is -2.36. The number of hydrogen-bond acceptors (Lipinski definition) is 2. The zero-order valence-electron chi connectivity index (χ0n) is 12.1. The number of aliphatic hydroxyl groups is 1. The Bertz CT molecular complexity index is 467. The molecule has 2 atom stereocenters. The number of carbonyl (C=O) groups excluding carboxylic acids is 1. The van der Waals surface area contributed by atoms with E-state index in [-0.39, 0.29) is 17.8 Å². The summed E-state index contributed by atoms with van der Waals surface area (Å²) in [7, 11) is 0. The van der Waals surface area contributed by atoms with Gasteiger partial charge in [0, 0.05) is 18.2 Å². The van der Waals surface area contributed by atoms with E-state index in [0.717, 1.165) is 24.8 Å². The molecule has 1 N–H and O–H groups in total. The van der Waals surface area contributed by atoms with Gasteiger partial charge in [0.25, 0.3) is 5.91 Å². The Morgan fingerprint density at radius 3 is 2.85 bits per heavy atom. The average Bonchev–Trinajstić information content (AvgIpc) is 2.36. The predicted octanol–water partition coefficient (Wildman–Crippen LogP) is 2.90. The van der Waals surface area contributed by atoms with Crippen LogP contribution in [0.5, 0.6) is 0 Å². The highest BCUT2D eigenvalue weighted by molar-refractivity contribution is 5.94. The molecule has 2 rings (SSSR count). The highest BCUT2D eigenvalue weighted by Gasteiger charge is 2.28. The van der Waals surface area contributed by atoms with Crippen LogP contribution in [0.2, 0.25) is 0 Å². The fourth-order valence-electron chi connectivity index (χ4n) is 2.93. The number of halogens is 1. The maximum Gasteiger partial charge on any atom is 0.254 e. The molecule has 1 saturated heterocycles. The van der Waals surface area contributed by atoms with Crippen molar-refractivity contribution in [1.29, 1.82) is 0 Å². The monoisotopic (exact) mass is 279 g/mol. The molecule has 0 spiro atoms. The van der Waals surface area contributed by atoms with Gasteiger partial charge in [0.05, 0.1) is 6.10 Å². The second-order valence-corrected chi connectivity index (χ2v) is 5.75. The third-order valence-electron chi connectivity index (χ3n) is 3.79. The van der Waals surface area contributed by atoms with E-state index >= 15 is 0 Å². The second kappa shape index (κ2) is 6.35. The molecular weight excluding hydrogens is 257 g/mol. The van der Waals surface area contributed by atoms with Gasteiger partial charge < -0.3 is 10.0 Å². The van der Waals surface area contributed by atoms with Crippen LogP contribution in [0.15, 0.2) is 18.2 Å². The summed E-state index contributed by atoms with van der Waals surface area (Å²) in [5, 5.41) is 9.57. The summed E-state index contributed by atoms with van der Waals surface area (Å²) in [5.41, 5.74) is 1.15. The van der Waals surface area contributed by atoms with Crippen molar-refractivity contribution in [2.24, 2.45) is 0 Å². The standard InChI is InChI=1S/C16H22FNO2/c1-11-7-13(10-14(17)8-11)16(20)18-6-4-3-5-15(18)9-12(2)19/h7-8,10,12,15,19H,3-6,9H2,1-2H3. The number of aryl methyl sites for hydroxylation is 1. The van der Waals surface area contributed by atoms with Crippen LogP contribution in [0.4, 0.5) is 4.39 Å². The van der Waals surface area contributed by atoms with E-state index in [9.17, 15) is 14.3 Å². The Hall–Kier alpha value is -1.42. The first-order chi connectivity index (χ1) is 9.47. The maximum atomic E-state index is 13.5. The van der Waals surface area contributed by atoms with Gasteiger partial charge in [-0.15, -0.1) is 0 Å². The highest BCUT2D eigenvalue weighted by Crippen LogP contribution is 2.23. The number of likely N-dealkylation sites (tertiary alicyclic amines) is 1. The van der Waals surface area contributed by atoms with Crippen molar-refractivity contribution in [3.05, 3.63) is 35.1 Å². The summed E-state index contributed by atoms with van der Waals surface area (Å²) in [5.74, 6) is -0.504. The lowest BCUT2D eigenvalue weighted by Crippen LogP contribution is -2.45. The summed E-state index contributed by atoms with van der Waals surface area (Å²) in [6.45, 7) is 4.21. The number of piperidine rings is 1. The van der Waals surface area contributed by atoms with Gasteiger partial charge in [0.15, 0.2) is 0 Å². The first-order valence-corrected chi connectivity index (χ1v) is 7.23. The molecule has 3 nitrogen and oxygen atoms in total. The second-order valence-electron chi connectivity index (χ2n) is 5.75. The van der Waals surface area contributed by atoms with Gasteiger partial charge in [-0.2, -0.15) is 0 Å². The number of hydrogen-bond donors (Lipinski definition) is 1. The Balaban J connectivity index is 2.20. The van der Waals surface area contributed by atoms with Gasteiger partial charge in [-0.1, -0.05) is 0 Å². The largest absolute Gasteiger partial charge is 0.393 e. The van der Waals surface area contributed by atoms with Crippen LogP contribution in [-0.4, -0.2) is 34.6 Å². The van der Waals surface area contributed by atoms with E-state index in [4.69, 9.17) is 0 Å². The molecule has 0 aromatic heterocycles. The molecule has 2 unspecified atom stereocenters. The molecule has 20 heavy (non-hydrogen) atoms. The number of benzene rings is 1. The summed E-state index contributed by atoms with van der Waals surface area (Å²) < 4.78 is 13.5. The van der Waals surface area contributed by atoms with Crippen LogP contribution in [0.1, 0.15) is 48.5 Å². The Labute approximate surface area is 119 Å². The van der Waals surface area contributed by atoms with Crippen LogP contribution in [0.3, 0.4) is 0 Å².